The lowest BCUT2D eigenvalue weighted by Crippen LogP contribution is -2.31. The molecule has 0 aromatic heterocycles. The Balaban J connectivity index is 1.44. The summed E-state index contributed by atoms with van der Waals surface area (Å²) in [5, 5.41) is 3.60. The van der Waals surface area contributed by atoms with Crippen LogP contribution in [0.4, 0.5) is 0 Å². The number of nitrogens with one attached hydrogen (secondary N) is 1. The van der Waals surface area contributed by atoms with Gasteiger partial charge in [-0.15, -0.1) is 0 Å². The summed E-state index contributed by atoms with van der Waals surface area (Å²) in [5.74, 6) is 0.761. The largest absolute Gasteiger partial charge is 0.313 e. The van der Waals surface area contributed by atoms with Crippen LogP contribution in [0, 0.1) is 0 Å². The van der Waals surface area contributed by atoms with Crippen molar-refractivity contribution in [2.45, 2.75) is 31.2 Å². The molecule has 1 unspecified atom stereocenters. The smallest absolute Gasteiger partial charge is 0.0107 e. The van der Waals surface area contributed by atoms with E-state index in [9.17, 15) is 0 Å². The Kier molecular flexibility index (Phi) is 3.44. The molecule has 0 radical (unpaired) electrons. The lowest BCUT2D eigenvalue weighted by atomic mass is 9.99. The van der Waals surface area contributed by atoms with Crippen LogP contribution in [0.3, 0.4) is 0 Å². The van der Waals surface area contributed by atoms with Gasteiger partial charge in [0.05, 0.1) is 0 Å². The standard InChI is InChI=1S/C15H22N2/c1-2-4-13(5-3-1)14-8-10-17(12-14)11-9-16-15-6-7-15/h1-5,14-16H,6-12H2. The van der Waals surface area contributed by atoms with Crippen LogP contribution in [0.25, 0.3) is 0 Å². The maximum atomic E-state index is 3.60. The molecule has 3 rings (SSSR count). The Bertz CT molecular complexity index is 345. The third-order valence-corrected chi connectivity index (χ3v) is 3.98. The number of hydrogen-bond acceptors (Lipinski definition) is 2. The lowest BCUT2D eigenvalue weighted by molar-refractivity contribution is 0.331. The van der Waals surface area contributed by atoms with E-state index < -0.39 is 0 Å². The first-order valence-corrected chi connectivity index (χ1v) is 6.92. The molecule has 2 heteroatoms. The fraction of sp³-hybridized carbons (Fsp3) is 0.600. The van der Waals surface area contributed by atoms with Crippen LogP contribution in [0.2, 0.25) is 0 Å². The third-order valence-electron chi connectivity index (χ3n) is 3.98. The molecule has 1 heterocycles. The summed E-state index contributed by atoms with van der Waals surface area (Å²) in [6, 6.07) is 11.8. The molecule has 1 saturated heterocycles. The fourth-order valence-corrected chi connectivity index (χ4v) is 2.75. The van der Waals surface area contributed by atoms with Crippen molar-refractivity contribution in [1.29, 1.82) is 0 Å². The van der Waals surface area contributed by atoms with E-state index in [2.05, 4.69) is 40.5 Å². The molecule has 1 atom stereocenters. The Hall–Kier alpha value is -0.860. The predicted molar refractivity (Wildman–Crippen MR) is 71.3 cm³/mol. The maximum absolute atomic E-state index is 3.60. The molecule has 0 amide bonds. The molecule has 0 spiro atoms. The number of likely N-dealkylation sites (tertiary alicyclic amines) is 1. The second-order valence-electron chi connectivity index (χ2n) is 5.43. The zero-order valence-electron chi connectivity index (χ0n) is 10.4. The van der Waals surface area contributed by atoms with Crippen molar-refractivity contribution in [3.05, 3.63) is 35.9 Å². The maximum Gasteiger partial charge on any atom is 0.0107 e. The van der Waals surface area contributed by atoms with Gasteiger partial charge in [0.15, 0.2) is 0 Å². The summed E-state index contributed by atoms with van der Waals surface area (Å²) in [7, 11) is 0. The first-order valence-electron chi connectivity index (χ1n) is 6.92. The zero-order chi connectivity index (χ0) is 11.5. The molecule has 17 heavy (non-hydrogen) atoms. The van der Waals surface area contributed by atoms with Crippen LogP contribution >= 0.6 is 0 Å². The van der Waals surface area contributed by atoms with Crippen LogP contribution in [0.5, 0.6) is 0 Å². The third kappa shape index (κ3) is 3.08. The van der Waals surface area contributed by atoms with Gasteiger partial charge in [-0.1, -0.05) is 30.3 Å². The Morgan fingerprint density at radius 2 is 1.94 bits per heavy atom. The molecule has 1 aliphatic heterocycles. The van der Waals surface area contributed by atoms with E-state index in [4.69, 9.17) is 0 Å². The molecule has 1 aromatic rings. The topological polar surface area (TPSA) is 15.3 Å². The van der Waals surface area contributed by atoms with Gasteiger partial charge in [-0.25, -0.2) is 0 Å². The molecule has 2 fully saturated rings. The molecule has 1 aliphatic carbocycles. The average Bonchev–Trinajstić information content (AvgIpc) is 3.07. The number of nitrogens with zero attached hydrogens (tertiary/aromatic N) is 1. The van der Waals surface area contributed by atoms with Crippen molar-refractivity contribution in [1.82, 2.24) is 10.2 Å². The number of rotatable bonds is 5. The first-order chi connectivity index (χ1) is 8.42. The molecule has 2 aliphatic rings. The fourth-order valence-electron chi connectivity index (χ4n) is 2.75. The average molecular weight is 230 g/mol. The second kappa shape index (κ2) is 5.19. The van der Waals surface area contributed by atoms with Crippen molar-refractivity contribution < 1.29 is 0 Å². The Morgan fingerprint density at radius 3 is 2.71 bits per heavy atom. The minimum absolute atomic E-state index is 0.761. The highest BCUT2D eigenvalue weighted by atomic mass is 15.2. The van der Waals surface area contributed by atoms with Crippen molar-refractivity contribution in [2.75, 3.05) is 26.2 Å². The minimum Gasteiger partial charge on any atom is -0.313 e. The summed E-state index contributed by atoms with van der Waals surface area (Å²) in [6.45, 7) is 4.91. The van der Waals surface area contributed by atoms with E-state index in [1.54, 1.807) is 0 Å². The SMILES string of the molecule is c1ccc(C2CCN(CCNC3CC3)C2)cc1. The van der Waals surface area contributed by atoms with Crippen LogP contribution in [-0.4, -0.2) is 37.1 Å². The molecular formula is C15H22N2. The van der Waals surface area contributed by atoms with Gasteiger partial charge in [0, 0.05) is 25.7 Å². The minimum atomic E-state index is 0.761. The van der Waals surface area contributed by atoms with E-state index in [0.29, 0.717) is 0 Å². The second-order valence-corrected chi connectivity index (χ2v) is 5.43. The molecule has 2 nitrogen and oxygen atoms in total. The van der Waals surface area contributed by atoms with Gasteiger partial charge in [-0.3, -0.25) is 0 Å². The van der Waals surface area contributed by atoms with Crippen molar-refractivity contribution in [3.8, 4) is 0 Å². The van der Waals surface area contributed by atoms with Gasteiger partial charge >= 0.3 is 0 Å². The van der Waals surface area contributed by atoms with Crippen molar-refractivity contribution >= 4 is 0 Å². The highest BCUT2D eigenvalue weighted by Crippen LogP contribution is 2.26. The lowest BCUT2D eigenvalue weighted by Gasteiger charge is -2.16. The van der Waals surface area contributed by atoms with E-state index in [1.807, 2.05) is 0 Å². The van der Waals surface area contributed by atoms with Gasteiger partial charge in [-0.2, -0.15) is 0 Å². The van der Waals surface area contributed by atoms with E-state index in [0.717, 1.165) is 12.0 Å². The van der Waals surface area contributed by atoms with Gasteiger partial charge in [-0.05, 0) is 37.3 Å². The summed E-state index contributed by atoms with van der Waals surface area (Å²) in [4.78, 5) is 2.60. The normalized spacial score (nSPS) is 25.3. The number of benzene rings is 1. The van der Waals surface area contributed by atoms with Crippen LogP contribution in [0.15, 0.2) is 30.3 Å². The van der Waals surface area contributed by atoms with Crippen LogP contribution in [-0.2, 0) is 0 Å². The monoisotopic (exact) mass is 230 g/mol. The Labute approximate surface area is 104 Å². The highest BCUT2D eigenvalue weighted by molar-refractivity contribution is 5.20. The molecule has 0 bridgehead atoms. The van der Waals surface area contributed by atoms with E-state index >= 15 is 0 Å². The van der Waals surface area contributed by atoms with E-state index in [-0.39, 0.29) is 0 Å². The molecule has 1 N–H and O–H groups in total. The molecule has 1 saturated carbocycles. The van der Waals surface area contributed by atoms with Gasteiger partial charge < -0.3 is 10.2 Å². The van der Waals surface area contributed by atoms with Gasteiger partial charge in [0.2, 0.25) is 0 Å². The first kappa shape index (κ1) is 11.2. The Morgan fingerprint density at radius 1 is 1.12 bits per heavy atom. The predicted octanol–water partition coefficient (Wildman–Crippen LogP) is 2.23. The van der Waals surface area contributed by atoms with Gasteiger partial charge in [0.1, 0.15) is 0 Å². The molecule has 92 valence electrons. The summed E-state index contributed by atoms with van der Waals surface area (Å²) in [5.41, 5.74) is 1.52. The van der Waals surface area contributed by atoms with Crippen molar-refractivity contribution in [3.63, 3.8) is 0 Å². The van der Waals surface area contributed by atoms with Crippen molar-refractivity contribution in [2.24, 2.45) is 0 Å². The summed E-state index contributed by atoms with van der Waals surface area (Å²) < 4.78 is 0. The van der Waals surface area contributed by atoms with Crippen LogP contribution < -0.4 is 5.32 Å². The summed E-state index contributed by atoms with van der Waals surface area (Å²) >= 11 is 0. The van der Waals surface area contributed by atoms with Crippen LogP contribution in [0.1, 0.15) is 30.7 Å². The quantitative estimate of drug-likeness (QED) is 0.834. The molecule has 1 aromatic carbocycles. The zero-order valence-corrected chi connectivity index (χ0v) is 10.4. The molecular weight excluding hydrogens is 208 g/mol. The van der Waals surface area contributed by atoms with Gasteiger partial charge in [0.25, 0.3) is 0 Å². The number of hydrogen-bond donors (Lipinski definition) is 1. The summed E-state index contributed by atoms with van der Waals surface area (Å²) in [6.07, 6.45) is 4.12. The highest BCUT2D eigenvalue weighted by Gasteiger charge is 2.24. The van der Waals surface area contributed by atoms with E-state index in [1.165, 1.54) is 51.0 Å².